The lowest BCUT2D eigenvalue weighted by molar-refractivity contribution is -0.141. The minimum Gasteiger partial charge on any atom is -0.498 e. The van der Waals surface area contributed by atoms with E-state index in [-0.39, 0.29) is 29.7 Å². The van der Waals surface area contributed by atoms with Crippen LogP contribution in [0.1, 0.15) is 45.6 Å². The summed E-state index contributed by atoms with van der Waals surface area (Å²) in [4.78, 5) is 28.2. The summed E-state index contributed by atoms with van der Waals surface area (Å²) < 4.78 is 17.2. The number of methoxy groups -OCH3 is 2. The third-order valence-electron chi connectivity index (χ3n) is 6.53. The molecule has 0 fully saturated rings. The van der Waals surface area contributed by atoms with Gasteiger partial charge in [0.2, 0.25) is 5.91 Å². The molecule has 4 rings (SSSR count). The number of nitrogens with zero attached hydrogens (tertiary/aromatic N) is 1. The lowest BCUT2D eigenvalue weighted by Gasteiger charge is -2.46. The van der Waals surface area contributed by atoms with E-state index in [9.17, 15) is 14.7 Å². The van der Waals surface area contributed by atoms with Crippen LogP contribution in [0.25, 0.3) is 0 Å². The zero-order valence-corrected chi connectivity index (χ0v) is 21.2. The molecule has 34 heavy (non-hydrogen) atoms. The number of benzene rings is 1. The minimum atomic E-state index is -0.998. The number of carbonyl (C=O) groups is 2. The van der Waals surface area contributed by atoms with Gasteiger partial charge in [-0.1, -0.05) is 39.0 Å². The number of thioether (sulfide) groups is 1. The number of allylic oxidation sites excluding steroid dienone is 3. The molecule has 2 heterocycles. The van der Waals surface area contributed by atoms with Crippen LogP contribution in [0, 0.1) is 5.41 Å². The van der Waals surface area contributed by atoms with Crippen molar-refractivity contribution in [2.24, 2.45) is 5.41 Å². The van der Waals surface area contributed by atoms with E-state index in [0.717, 1.165) is 27.3 Å². The van der Waals surface area contributed by atoms with Crippen LogP contribution >= 0.6 is 11.8 Å². The molecule has 0 unspecified atom stereocenters. The standard InChI is InChI=1S/C26H31NO6S/c1-14-10-16(15-8-7-9-18(31-5)23(15)32-6)24-22-17(14)12-33-13-20(26(2,3)4)27(22)25(30)19(34-24)11-21(28)29/h7-10,12,16,19-20H,11,13H2,1-6H3,(H,28,29)/t16-,19-,20+/m0/s1. The third kappa shape index (κ3) is 4.08. The third-order valence-corrected chi connectivity index (χ3v) is 7.88. The molecule has 0 radical (unpaired) electrons. The zero-order chi connectivity index (χ0) is 24.8. The largest absolute Gasteiger partial charge is 0.498 e. The Kier molecular flexibility index (Phi) is 6.46. The summed E-state index contributed by atoms with van der Waals surface area (Å²) in [6.45, 7) is 8.55. The van der Waals surface area contributed by atoms with Gasteiger partial charge in [0, 0.05) is 22.0 Å². The van der Waals surface area contributed by atoms with Gasteiger partial charge in [-0.05, 0) is 24.0 Å². The molecule has 1 N–H and O–H groups in total. The van der Waals surface area contributed by atoms with Crippen LogP contribution in [0.2, 0.25) is 0 Å². The zero-order valence-electron chi connectivity index (χ0n) is 20.4. The van der Waals surface area contributed by atoms with Crippen molar-refractivity contribution in [3.63, 3.8) is 0 Å². The fourth-order valence-corrected chi connectivity index (χ4v) is 6.21. The number of para-hydroxylation sites is 1. The predicted molar refractivity (Wildman–Crippen MR) is 131 cm³/mol. The van der Waals surface area contributed by atoms with Crippen molar-refractivity contribution >= 4 is 23.6 Å². The molecule has 0 spiro atoms. The van der Waals surface area contributed by atoms with Gasteiger partial charge in [0.15, 0.2) is 11.5 Å². The average molecular weight is 486 g/mol. The molecule has 182 valence electrons. The first-order chi connectivity index (χ1) is 16.1. The Morgan fingerprint density at radius 1 is 1.26 bits per heavy atom. The molecule has 8 heteroatoms. The summed E-state index contributed by atoms with van der Waals surface area (Å²) in [6, 6.07) is 5.49. The van der Waals surface area contributed by atoms with Crippen LogP contribution in [-0.2, 0) is 14.3 Å². The van der Waals surface area contributed by atoms with Gasteiger partial charge in [-0.2, -0.15) is 0 Å². The van der Waals surface area contributed by atoms with Crippen molar-refractivity contribution in [1.82, 2.24) is 4.90 Å². The molecule has 3 atom stereocenters. The first-order valence-corrected chi connectivity index (χ1v) is 12.1. The topological polar surface area (TPSA) is 85.3 Å². The molecule has 1 aromatic carbocycles. The summed E-state index contributed by atoms with van der Waals surface area (Å²) in [7, 11) is 3.21. The smallest absolute Gasteiger partial charge is 0.305 e. The number of hydrogen-bond donors (Lipinski definition) is 1. The van der Waals surface area contributed by atoms with Crippen LogP contribution < -0.4 is 9.47 Å². The number of amides is 1. The fourth-order valence-electron chi connectivity index (χ4n) is 4.80. The van der Waals surface area contributed by atoms with E-state index in [0.29, 0.717) is 18.1 Å². The highest BCUT2D eigenvalue weighted by Gasteiger charge is 2.48. The molecule has 1 aromatic rings. The van der Waals surface area contributed by atoms with Crippen LogP contribution in [-0.4, -0.2) is 54.0 Å². The molecule has 0 saturated carbocycles. The normalized spacial score (nSPS) is 24.5. The van der Waals surface area contributed by atoms with Gasteiger partial charge < -0.3 is 24.2 Å². The van der Waals surface area contributed by atoms with E-state index in [1.54, 1.807) is 20.5 Å². The molecular weight excluding hydrogens is 454 g/mol. The molecule has 1 amide bonds. The van der Waals surface area contributed by atoms with Crippen LogP contribution in [0.15, 0.2) is 52.3 Å². The van der Waals surface area contributed by atoms with Gasteiger partial charge in [0.05, 0.1) is 43.9 Å². The van der Waals surface area contributed by atoms with E-state index >= 15 is 0 Å². The molecular formula is C26H31NO6S. The summed E-state index contributed by atoms with van der Waals surface area (Å²) in [5.41, 5.74) is 3.26. The van der Waals surface area contributed by atoms with Crippen molar-refractivity contribution in [1.29, 1.82) is 0 Å². The highest BCUT2D eigenvalue weighted by atomic mass is 32.2. The van der Waals surface area contributed by atoms with E-state index in [4.69, 9.17) is 14.2 Å². The van der Waals surface area contributed by atoms with Gasteiger partial charge in [-0.25, -0.2) is 0 Å². The van der Waals surface area contributed by atoms with Crippen molar-refractivity contribution < 1.29 is 28.9 Å². The van der Waals surface area contributed by atoms with Gasteiger partial charge in [0.1, 0.15) is 6.61 Å². The van der Waals surface area contributed by atoms with Crippen molar-refractivity contribution in [2.75, 3.05) is 20.8 Å². The highest BCUT2D eigenvalue weighted by molar-refractivity contribution is 8.04. The Hall–Kier alpha value is -2.87. The Labute approximate surface area is 204 Å². The highest BCUT2D eigenvalue weighted by Crippen LogP contribution is 2.54. The summed E-state index contributed by atoms with van der Waals surface area (Å²) in [6.07, 6.45) is 3.62. The summed E-state index contributed by atoms with van der Waals surface area (Å²) in [5.74, 6) is -0.176. The van der Waals surface area contributed by atoms with Crippen molar-refractivity contribution in [3.8, 4) is 11.5 Å². The molecule has 7 nitrogen and oxygen atoms in total. The SMILES string of the molecule is COc1cccc([C@@H]2C=C(C)C3=COC[C@H](C(C)(C)C)N4C(=O)[C@H](CC(=O)O)SC2=C34)c1OC. The first kappa shape index (κ1) is 24.3. The average Bonchev–Trinajstić information content (AvgIpc) is 2.99. The number of hydrogen-bond acceptors (Lipinski definition) is 6. The number of rotatable bonds is 5. The van der Waals surface area contributed by atoms with Crippen LogP contribution in [0.3, 0.4) is 0 Å². The molecule has 0 saturated heterocycles. The second-order valence-corrected chi connectivity index (χ2v) is 11.0. The van der Waals surface area contributed by atoms with Gasteiger partial charge in [-0.3, -0.25) is 9.59 Å². The van der Waals surface area contributed by atoms with Gasteiger partial charge in [-0.15, -0.1) is 11.8 Å². The molecule has 2 aliphatic heterocycles. The maximum atomic E-state index is 13.8. The van der Waals surface area contributed by atoms with Crippen molar-refractivity contribution in [3.05, 3.63) is 57.8 Å². The minimum absolute atomic E-state index is 0.187. The molecule has 3 aliphatic rings. The number of aliphatic carboxylic acids is 1. The molecule has 1 aliphatic carbocycles. The van der Waals surface area contributed by atoms with E-state index in [1.165, 1.54) is 11.8 Å². The molecule has 0 aromatic heterocycles. The van der Waals surface area contributed by atoms with Crippen LogP contribution in [0.5, 0.6) is 11.5 Å². The second kappa shape index (κ2) is 9.06. The quantitative estimate of drug-likeness (QED) is 0.647. The van der Waals surface area contributed by atoms with E-state index in [2.05, 4.69) is 26.8 Å². The first-order valence-electron chi connectivity index (χ1n) is 11.3. The number of ether oxygens (including phenoxy) is 3. The Balaban J connectivity index is 1.97. The maximum absolute atomic E-state index is 13.8. The Bertz CT molecular complexity index is 1110. The van der Waals surface area contributed by atoms with Crippen molar-refractivity contribution in [2.45, 2.75) is 51.3 Å². The van der Waals surface area contributed by atoms with Gasteiger partial charge >= 0.3 is 5.97 Å². The lowest BCUT2D eigenvalue weighted by atomic mass is 9.82. The number of carboxylic acids is 1. The number of carbonyl (C=O) groups excluding carboxylic acids is 1. The van der Waals surface area contributed by atoms with Gasteiger partial charge in [0.25, 0.3) is 0 Å². The molecule has 0 bridgehead atoms. The monoisotopic (exact) mass is 485 g/mol. The fraction of sp³-hybridized carbons (Fsp3) is 0.462. The number of carboxylic acid groups (broad SMARTS) is 1. The summed E-state index contributed by atoms with van der Waals surface area (Å²) in [5, 5.41) is 8.85. The predicted octanol–water partition coefficient (Wildman–Crippen LogP) is 4.71. The Morgan fingerprint density at radius 2 is 2.00 bits per heavy atom. The Morgan fingerprint density at radius 3 is 2.62 bits per heavy atom. The van der Waals surface area contributed by atoms with E-state index < -0.39 is 11.2 Å². The van der Waals surface area contributed by atoms with Crippen LogP contribution in [0.4, 0.5) is 0 Å². The lowest BCUT2D eigenvalue weighted by Crippen LogP contribution is -2.54. The second-order valence-electron chi connectivity index (χ2n) is 9.78. The summed E-state index contributed by atoms with van der Waals surface area (Å²) >= 11 is 1.34. The maximum Gasteiger partial charge on any atom is 0.305 e. The van der Waals surface area contributed by atoms with E-state index in [1.807, 2.05) is 30.0 Å².